The maximum atomic E-state index is 13.6. The van der Waals surface area contributed by atoms with Crippen LogP contribution in [0.4, 0.5) is 5.69 Å². The molecule has 0 aromatic heterocycles. The van der Waals surface area contributed by atoms with Crippen molar-refractivity contribution >= 4 is 50.7 Å². The minimum Gasteiger partial charge on any atom is -0.357 e. The van der Waals surface area contributed by atoms with Crippen molar-refractivity contribution in [3.8, 4) is 0 Å². The van der Waals surface area contributed by atoms with Gasteiger partial charge in [0, 0.05) is 29.2 Å². The average molecular weight is 514 g/mol. The highest BCUT2D eigenvalue weighted by Crippen LogP contribution is 2.28. The van der Waals surface area contributed by atoms with Crippen LogP contribution in [0.1, 0.15) is 31.4 Å². The lowest BCUT2D eigenvalue weighted by Gasteiger charge is -2.33. The number of hydrogen-bond donors (Lipinski definition) is 1. The van der Waals surface area contributed by atoms with Crippen molar-refractivity contribution in [2.45, 2.75) is 39.3 Å². The maximum absolute atomic E-state index is 13.6. The number of aryl methyl sites for hydroxylation is 1. The Bertz CT molecular complexity index is 1090. The van der Waals surface area contributed by atoms with E-state index in [4.69, 9.17) is 23.2 Å². The molecule has 0 aliphatic carbocycles. The molecule has 0 spiro atoms. The molecular formula is C23H29Cl2N3O4S. The molecule has 0 unspecified atom stereocenters. The van der Waals surface area contributed by atoms with E-state index in [9.17, 15) is 18.0 Å². The average Bonchev–Trinajstić information content (AvgIpc) is 2.77. The van der Waals surface area contributed by atoms with Crippen LogP contribution in [0.5, 0.6) is 0 Å². The van der Waals surface area contributed by atoms with Crippen LogP contribution in [0.3, 0.4) is 0 Å². The lowest BCUT2D eigenvalue weighted by Crippen LogP contribution is -2.51. The predicted octanol–water partition coefficient (Wildman–Crippen LogP) is 3.88. The Morgan fingerprint density at radius 3 is 2.15 bits per heavy atom. The minimum absolute atomic E-state index is 0.0453. The molecule has 0 saturated carbocycles. The fourth-order valence-electron chi connectivity index (χ4n) is 3.59. The first kappa shape index (κ1) is 27.0. The summed E-state index contributed by atoms with van der Waals surface area (Å²) in [6.07, 6.45) is 1.96. The largest absolute Gasteiger partial charge is 0.357 e. The number of anilines is 1. The topological polar surface area (TPSA) is 86.8 Å². The van der Waals surface area contributed by atoms with E-state index < -0.39 is 28.5 Å². The van der Waals surface area contributed by atoms with Gasteiger partial charge in [-0.3, -0.25) is 13.9 Å². The van der Waals surface area contributed by atoms with Gasteiger partial charge in [-0.05, 0) is 36.6 Å². The van der Waals surface area contributed by atoms with E-state index in [1.165, 1.54) is 11.9 Å². The second kappa shape index (κ2) is 11.7. The minimum atomic E-state index is -3.79. The van der Waals surface area contributed by atoms with E-state index in [2.05, 4.69) is 5.32 Å². The molecule has 0 saturated heterocycles. The molecule has 0 fully saturated rings. The molecule has 7 nitrogen and oxygen atoms in total. The summed E-state index contributed by atoms with van der Waals surface area (Å²) in [5, 5.41) is 3.27. The van der Waals surface area contributed by atoms with Gasteiger partial charge in [0.2, 0.25) is 21.8 Å². The lowest BCUT2D eigenvalue weighted by molar-refractivity contribution is -0.140. The summed E-state index contributed by atoms with van der Waals surface area (Å²) in [5.74, 6) is -0.911. The van der Waals surface area contributed by atoms with Gasteiger partial charge in [0.25, 0.3) is 0 Å². The molecule has 2 rings (SSSR count). The Balaban J connectivity index is 2.52. The number of likely N-dealkylation sites (N-methyl/N-ethyl adjacent to an activating group) is 1. The maximum Gasteiger partial charge on any atom is 0.244 e. The number of benzene rings is 2. The lowest BCUT2D eigenvalue weighted by atomic mass is 10.1. The first-order chi connectivity index (χ1) is 15.5. The Kier molecular flexibility index (Phi) is 9.57. The molecular weight excluding hydrogens is 485 g/mol. The molecule has 0 heterocycles. The highest BCUT2D eigenvalue weighted by Gasteiger charge is 2.32. The predicted molar refractivity (Wildman–Crippen MR) is 133 cm³/mol. The van der Waals surface area contributed by atoms with E-state index in [1.54, 1.807) is 37.3 Å². The molecule has 0 radical (unpaired) electrons. The number of halogens is 2. The smallest absolute Gasteiger partial charge is 0.244 e. The molecule has 2 amide bonds. The van der Waals surface area contributed by atoms with Crippen LogP contribution in [-0.4, -0.2) is 51.0 Å². The second-order valence-electron chi connectivity index (χ2n) is 7.51. The van der Waals surface area contributed by atoms with Crippen molar-refractivity contribution in [2.24, 2.45) is 0 Å². The van der Waals surface area contributed by atoms with Gasteiger partial charge in [0.05, 0.1) is 11.9 Å². The molecule has 33 heavy (non-hydrogen) atoms. The van der Waals surface area contributed by atoms with Crippen LogP contribution in [0.25, 0.3) is 0 Å². The molecule has 1 atom stereocenters. The van der Waals surface area contributed by atoms with Crippen LogP contribution in [-0.2, 0) is 32.6 Å². The third kappa shape index (κ3) is 6.62. The highest BCUT2D eigenvalue weighted by molar-refractivity contribution is 7.92. The molecule has 10 heteroatoms. The third-order valence-electron chi connectivity index (χ3n) is 5.34. The molecule has 0 aliphatic rings. The van der Waals surface area contributed by atoms with E-state index >= 15 is 0 Å². The van der Waals surface area contributed by atoms with Gasteiger partial charge in [-0.2, -0.15) is 0 Å². The number of nitrogens with zero attached hydrogens (tertiary/aromatic N) is 2. The van der Waals surface area contributed by atoms with E-state index in [-0.39, 0.29) is 12.5 Å². The monoisotopic (exact) mass is 513 g/mol. The van der Waals surface area contributed by atoms with E-state index in [0.717, 1.165) is 16.1 Å². The standard InChI is InChI=1S/C23H29Cl2N3O4S/c1-5-16-10-7-8-13-21(16)28(33(4,31)32)15-22(29)27(20(6-2)23(30)26-3)14-17-18(24)11-9-12-19(17)25/h7-13,20H,5-6,14-15H2,1-4H3,(H,26,30)/t20-/m1/s1. The van der Waals surface area contributed by atoms with Crippen molar-refractivity contribution in [3.63, 3.8) is 0 Å². The Labute approximate surface area is 205 Å². The van der Waals surface area contributed by atoms with Gasteiger partial charge in [-0.25, -0.2) is 8.42 Å². The van der Waals surface area contributed by atoms with Gasteiger partial charge >= 0.3 is 0 Å². The zero-order valence-corrected chi connectivity index (χ0v) is 21.5. The number of hydrogen-bond acceptors (Lipinski definition) is 4. The Morgan fingerprint density at radius 1 is 1.03 bits per heavy atom. The van der Waals surface area contributed by atoms with Crippen molar-refractivity contribution in [2.75, 3.05) is 24.2 Å². The van der Waals surface area contributed by atoms with Crippen LogP contribution in [0.15, 0.2) is 42.5 Å². The summed E-state index contributed by atoms with van der Waals surface area (Å²) in [5.41, 5.74) is 1.70. The summed E-state index contributed by atoms with van der Waals surface area (Å²) in [6.45, 7) is 3.17. The number of nitrogens with one attached hydrogen (secondary N) is 1. The number of carbonyl (C=O) groups is 2. The third-order valence-corrected chi connectivity index (χ3v) is 7.18. The fraction of sp³-hybridized carbons (Fsp3) is 0.391. The molecule has 0 bridgehead atoms. The summed E-state index contributed by atoms with van der Waals surface area (Å²) in [4.78, 5) is 27.5. The number of amides is 2. The summed E-state index contributed by atoms with van der Waals surface area (Å²) in [7, 11) is -2.31. The van der Waals surface area contributed by atoms with Crippen molar-refractivity contribution in [3.05, 3.63) is 63.6 Å². The second-order valence-corrected chi connectivity index (χ2v) is 10.2. The van der Waals surface area contributed by atoms with Crippen LogP contribution in [0, 0.1) is 0 Å². The van der Waals surface area contributed by atoms with Crippen LogP contribution < -0.4 is 9.62 Å². The SMILES string of the molecule is CCc1ccccc1N(CC(=O)N(Cc1c(Cl)cccc1Cl)[C@H](CC)C(=O)NC)S(C)(=O)=O. The zero-order chi connectivity index (χ0) is 24.8. The quantitative estimate of drug-likeness (QED) is 0.522. The molecule has 1 N–H and O–H groups in total. The Hall–Kier alpha value is -2.29. The van der Waals surface area contributed by atoms with Crippen LogP contribution >= 0.6 is 23.2 Å². The van der Waals surface area contributed by atoms with E-state index in [1.807, 2.05) is 19.1 Å². The zero-order valence-electron chi connectivity index (χ0n) is 19.1. The highest BCUT2D eigenvalue weighted by atomic mass is 35.5. The first-order valence-corrected chi connectivity index (χ1v) is 13.1. The van der Waals surface area contributed by atoms with Crippen molar-refractivity contribution in [1.29, 1.82) is 0 Å². The van der Waals surface area contributed by atoms with Crippen molar-refractivity contribution in [1.82, 2.24) is 10.2 Å². The summed E-state index contributed by atoms with van der Waals surface area (Å²) in [6, 6.07) is 11.2. The first-order valence-electron chi connectivity index (χ1n) is 10.5. The molecule has 0 aliphatic heterocycles. The van der Waals surface area contributed by atoms with Gasteiger partial charge in [-0.1, -0.05) is 61.3 Å². The summed E-state index contributed by atoms with van der Waals surface area (Å²) < 4.78 is 26.5. The molecule has 2 aromatic rings. The van der Waals surface area contributed by atoms with Crippen molar-refractivity contribution < 1.29 is 18.0 Å². The molecule has 180 valence electrons. The number of sulfonamides is 1. The van der Waals surface area contributed by atoms with E-state index in [0.29, 0.717) is 34.1 Å². The Morgan fingerprint density at radius 2 is 1.64 bits per heavy atom. The van der Waals surface area contributed by atoms with Gasteiger partial charge in [0.1, 0.15) is 12.6 Å². The van der Waals surface area contributed by atoms with Gasteiger partial charge in [0.15, 0.2) is 0 Å². The van der Waals surface area contributed by atoms with Gasteiger partial charge in [-0.15, -0.1) is 0 Å². The molecule has 2 aromatic carbocycles. The number of rotatable bonds is 10. The number of carbonyl (C=O) groups excluding carboxylic acids is 2. The fourth-order valence-corrected chi connectivity index (χ4v) is 4.99. The van der Waals surface area contributed by atoms with Crippen LogP contribution in [0.2, 0.25) is 10.0 Å². The summed E-state index contributed by atoms with van der Waals surface area (Å²) >= 11 is 12.6. The number of para-hydroxylation sites is 1. The normalized spacial score (nSPS) is 12.2. The van der Waals surface area contributed by atoms with Gasteiger partial charge < -0.3 is 10.2 Å².